The summed E-state index contributed by atoms with van der Waals surface area (Å²) in [5.74, 6) is -5.10. The minimum absolute atomic E-state index is 0.112. The normalized spacial score (nSPS) is 14.3. The second-order valence-electron chi connectivity index (χ2n) is 7.60. The number of hydrogen-bond acceptors (Lipinski definition) is 8. The van der Waals surface area contributed by atoms with Gasteiger partial charge in [-0.3, -0.25) is 24.0 Å². The molecule has 4 unspecified atom stereocenters. The molecule has 33 heavy (non-hydrogen) atoms. The van der Waals surface area contributed by atoms with Crippen molar-refractivity contribution in [1.82, 2.24) is 16.0 Å². The van der Waals surface area contributed by atoms with Crippen molar-refractivity contribution in [3.05, 3.63) is 0 Å². The van der Waals surface area contributed by atoms with E-state index in [1.165, 1.54) is 6.92 Å². The number of nitrogens with two attached hydrogens (primary N) is 4. The summed E-state index contributed by atoms with van der Waals surface area (Å²) < 4.78 is 0. The Labute approximate surface area is 191 Å². The van der Waals surface area contributed by atoms with Crippen molar-refractivity contribution in [2.24, 2.45) is 22.9 Å². The van der Waals surface area contributed by atoms with Crippen LogP contribution >= 0.6 is 0 Å². The highest BCUT2D eigenvalue weighted by Crippen LogP contribution is 2.06. The molecule has 0 aromatic carbocycles. The van der Waals surface area contributed by atoms with Crippen molar-refractivity contribution in [2.45, 2.75) is 76.0 Å². The number of carboxylic acids is 1. The van der Waals surface area contributed by atoms with Crippen LogP contribution in [0.25, 0.3) is 0 Å². The Morgan fingerprint density at radius 3 is 1.52 bits per heavy atom. The van der Waals surface area contributed by atoms with Crippen LogP contribution < -0.4 is 38.9 Å². The zero-order valence-electron chi connectivity index (χ0n) is 18.7. The molecule has 0 saturated carbocycles. The predicted molar refractivity (Wildman–Crippen MR) is 117 cm³/mol. The van der Waals surface area contributed by atoms with Gasteiger partial charge in [-0.1, -0.05) is 0 Å². The van der Waals surface area contributed by atoms with Crippen LogP contribution in [0.3, 0.4) is 0 Å². The van der Waals surface area contributed by atoms with Crippen molar-refractivity contribution in [2.75, 3.05) is 6.54 Å². The maximum atomic E-state index is 12.8. The van der Waals surface area contributed by atoms with Crippen LogP contribution in [0.4, 0.5) is 0 Å². The molecular formula is C19H35N7O7. The maximum absolute atomic E-state index is 12.8. The monoisotopic (exact) mass is 473 g/mol. The van der Waals surface area contributed by atoms with Crippen LogP contribution in [0, 0.1) is 0 Å². The molecule has 0 spiro atoms. The minimum atomic E-state index is -1.33. The summed E-state index contributed by atoms with van der Waals surface area (Å²) in [5.41, 5.74) is 21.1. The van der Waals surface area contributed by atoms with Crippen LogP contribution in [0.5, 0.6) is 0 Å². The van der Waals surface area contributed by atoms with Gasteiger partial charge >= 0.3 is 5.97 Å². The average Bonchev–Trinajstić information content (AvgIpc) is 2.72. The molecule has 0 radical (unpaired) electrons. The molecule has 0 heterocycles. The molecule has 14 heteroatoms. The van der Waals surface area contributed by atoms with Gasteiger partial charge in [0.05, 0.1) is 6.04 Å². The Bertz CT molecular complexity index is 715. The lowest BCUT2D eigenvalue weighted by molar-refractivity contribution is -0.142. The molecule has 0 saturated heterocycles. The van der Waals surface area contributed by atoms with E-state index in [2.05, 4.69) is 16.0 Å². The third kappa shape index (κ3) is 13.0. The first-order valence-corrected chi connectivity index (χ1v) is 10.5. The van der Waals surface area contributed by atoms with Gasteiger partial charge in [-0.05, 0) is 45.6 Å². The Hall–Kier alpha value is -3.26. The summed E-state index contributed by atoms with van der Waals surface area (Å²) in [7, 11) is 0. The average molecular weight is 474 g/mol. The highest BCUT2D eigenvalue weighted by atomic mass is 16.4. The Balaban J connectivity index is 5.48. The van der Waals surface area contributed by atoms with Gasteiger partial charge in [-0.15, -0.1) is 0 Å². The fourth-order valence-electron chi connectivity index (χ4n) is 2.71. The van der Waals surface area contributed by atoms with E-state index in [0.29, 0.717) is 19.4 Å². The molecule has 0 aliphatic heterocycles. The van der Waals surface area contributed by atoms with Crippen molar-refractivity contribution in [3.63, 3.8) is 0 Å². The standard InChI is InChI=1S/C19H35N7O7/c1-10(21)16(29)24-11(5-7-14(22)27)17(30)25-12(6-8-15(23)28)18(31)26-13(19(32)33)4-2-3-9-20/h10-13H,2-9,20-21H2,1H3,(H2,22,27)(H2,23,28)(H,24,29)(H,25,30)(H,26,31)(H,32,33). The molecule has 12 N–H and O–H groups in total. The molecule has 5 amide bonds. The summed E-state index contributed by atoms with van der Waals surface area (Å²) in [4.78, 5) is 71.2. The van der Waals surface area contributed by atoms with Crippen LogP contribution in [0.15, 0.2) is 0 Å². The first-order chi connectivity index (χ1) is 15.4. The number of carbonyl (C=O) groups excluding carboxylic acids is 5. The van der Waals surface area contributed by atoms with E-state index in [9.17, 15) is 33.9 Å². The lowest BCUT2D eigenvalue weighted by Crippen LogP contribution is -2.57. The quantitative estimate of drug-likeness (QED) is 0.0974. The molecule has 0 bridgehead atoms. The van der Waals surface area contributed by atoms with Crippen LogP contribution in [-0.4, -0.2) is 71.3 Å². The topological polar surface area (TPSA) is 263 Å². The van der Waals surface area contributed by atoms with E-state index >= 15 is 0 Å². The summed E-state index contributed by atoms with van der Waals surface area (Å²) in [6, 6.07) is -4.77. The summed E-state index contributed by atoms with van der Waals surface area (Å²) in [5, 5.41) is 16.4. The number of unbranched alkanes of at least 4 members (excludes halogenated alkanes) is 1. The number of primary amides is 2. The second kappa shape index (κ2) is 15.5. The van der Waals surface area contributed by atoms with Crippen molar-refractivity contribution in [1.29, 1.82) is 0 Å². The summed E-state index contributed by atoms with van der Waals surface area (Å²) >= 11 is 0. The van der Waals surface area contributed by atoms with Gasteiger partial charge in [0.15, 0.2) is 0 Å². The fraction of sp³-hybridized carbons (Fsp3) is 0.684. The molecule has 4 atom stereocenters. The van der Waals surface area contributed by atoms with Gasteiger partial charge in [0.25, 0.3) is 0 Å². The fourth-order valence-corrected chi connectivity index (χ4v) is 2.71. The number of carboxylic acid groups (broad SMARTS) is 1. The number of carbonyl (C=O) groups is 6. The third-order valence-corrected chi connectivity index (χ3v) is 4.60. The Morgan fingerprint density at radius 1 is 0.727 bits per heavy atom. The minimum Gasteiger partial charge on any atom is -0.480 e. The molecular weight excluding hydrogens is 438 g/mol. The molecule has 0 aliphatic carbocycles. The SMILES string of the molecule is CC(N)C(=O)NC(CCC(N)=O)C(=O)NC(CCC(N)=O)C(=O)NC(CCCCN)C(=O)O. The van der Waals surface area contributed by atoms with Gasteiger partial charge in [0.2, 0.25) is 29.5 Å². The van der Waals surface area contributed by atoms with Crippen LogP contribution in [-0.2, 0) is 28.8 Å². The second-order valence-corrected chi connectivity index (χ2v) is 7.60. The van der Waals surface area contributed by atoms with Gasteiger partial charge in [-0.2, -0.15) is 0 Å². The third-order valence-electron chi connectivity index (χ3n) is 4.60. The first kappa shape index (κ1) is 29.7. The molecule has 0 aliphatic rings. The lowest BCUT2D eigenvalue weighted by atomic mass is 10.0. The molecule has 0 aromatic heterocycles. The van der Waals surface area contributed by atoms with Crippen LogP contribution in [0.1, 0.15) is 51.9 Å². The van der Waals surface area contributed by atoms with E-state index in [1.807, 2.05) is 0 Å². The largest absolute Gasteiger partial charge is 0.480 e. The van der Waals surface area contributed by atoms with Crippen molar-refractivity contribution >= 4 is 35.5 Å². The predicted octanol–water partition coefficient (Wildman–Crippen LogP) is -3.47. The van der Waals surface area contributed by atoms with E-state index in [0.717, 1.165) is 0 Å². The number of hydrogen-bond donors (Lipinski definition) is 8. The van der Waals surface area contributed by atoms with Crippen LogP contribution in [0.2, 0.25) is 0 Å². The Morgan fingerprint density at radius 2 is 1.15 bits per heavy atom. The highest BCUT2D eigenvalue weighted by Gasteiger charge is 2.30. The summed E-state index contributed by atoms with van der Waals surface area (Å²) in [6.45, 7) is 1.75. The number of rotatable bonds is 17. The number of nitrogens with one attached hydrogen (secondary N) is 3. The molecule has 14 nitrogen and oxygen atoms in total. The Kier molecular flexibility index (Phi) is 14.0. The smallest absolute Gasteiger partial charge is 0.326 e. The van der Waals surface area contributed by atoms with E-state index in [-0.39, 0.29) is 32.1 Å². The molecule has 0 fully saturated rings. The van der Waals surface area contributed by atoms with Gasteiger partial charge in [0.1, 0.15) is 18.1 Å². The molecule has 188 valence electrons. The summed E-state index contributed by atoms with van der Waals surface area (Å²) in [6.07, 6.45) is 0.221. The van der Waals surface area contributed by atoms with Gasteiger partial charge < -0.3 is 44.0 Å². The van der Waals surface area contributed by atoms with E-state index in [1.54, 1.807) is 0 Å². The maximum Gasteiger partial charge on any atom is 0.326 e. The highest BCUT2D eigenvalue weighted by molar-refractivity contribution is 5.94. The van der Waals surface area contributed by atoms with Gasteiger partial charge in [0, 0.05) is 12.8 Å². The van der Waals surface area contributed by atoms with Crippen molar-refractivity contribution in [3.8, 4) is 0 Å². The zero-order valence-corrected chi connectivity index (χ0v) is 18.7. The van der Waals surface area contributed by atoms with E-state index in [4.69, 9.17) is 22.9 Å². The molecule has 0 aromatic rings. The molecule has 0 rings (SSSR count). The van der Waals surface area contributed by atoms with Crippen molar-refractivity contribution < 1.29 is 33.9 Å². The zero-order chi connectivity index (χ0) is 25.6. The van der Waals surface area contributed by atoms with Gasteiger partial charge in [-0.25, -0.2) is 4.79 Å². The number of aliphatic carboxylic acids is 1. The number of amides is 5. The van der Waals surface area contributed by atoms with E-state index < -0.39 is 59.7 Å². The first-order valence-electron chi connectivity index (χ1n) is 10.5. The lowest BCUT2D eigenvalue weighted by Gasteiger charge is -2.24.